The summed E-state index contributed by atoms with van der Waals surface area (Å²) in [5.74, 6) is -0.144. The second-order valence-corrected chi connectivity index (χ2v) is 9.71. The molecule has 2 N–H and O–H groups in total. The van der Waals surface area contributed by atoms with Gasteiger partial charge >= 0.3 is 0 Å². The Hall–Kier alpha value is -3.76. The summed E-state index contributed by atoms with van der Waals surface area (Å²) in [7, 11) is 0. The Bertz CT molecular complexity index is 1330. The van der Waals surface area contributed by atoms with Crippen LogP contribution in [0.4, 0.5) is 5.69 Å². The predicted octanol–water partition coefficient (Wildman–Crippen LogP) is 0.676. The third-order valence-corrected chi connectivity index (χ3v) is 7.70. The van der Waals surface area contributed by atoms with E-state index >= 15 is 0 Å². The number of nitro groups is 1. The lowest BCUT2D eigenvalue weighted by Gasteiger charge is -2.47. The van der Waals surface area contributed by atoms with E-state index in [2.05, 4.69) is 4.98 Å². The van der Waals surface area contributed by atoms with E-state index in [-0.39, 0.29) is 24.0 Å². The molecule has 2 atom stereocenters. The number of rotatable bonds is 5. The zero-order chi connectivity index (χ0) is 24.8. The van der Waals surface area contributed by atoms with Crippen molar-refractivity contribution >= 4 is 28.4 Å². The molecule has 1 aromatic heterocycles. The number of piperazine rings is 1. The molecule has 0 bridgehead atoms. The third kappa shape index (κ3) is 3.82. The number of non-ortho nitro benzene ring substituents is 1. The van der Waals surface area contributed by atoms with Gasteiger partial charge in [-0.3, -0.25) is 19.7 Å². The number of H-pyrrole nitrogens is 1. The first-order valence-electron chi connectivity index (χ1n) is 12.4. The number of morpholine rings is 1. The number of aromatic amines is 1. The molecule has 186 valence electrons. The Morgan fingerprint density at radius 1 is 1.08 bits per heavy atom. The van der Waals surface area contributed by atoms with Crippen LogP contribution < -0.4 is 4.90 Å². The van der Waals surface area contributed by atoms with Crippen LogP contribution in [0.5, 0.6) is 0 Å². The Balaban J connectivity index is 1.37. The van der Waals surface area contributed by atoms with Crippen molar-refractivity contribution in [3.63, 3.8) is 0 Å². The van der Waals surface area contributed by atoms with Gasteiger partial charge in [-0.05, 0) is 29.3 Å². The molecule has 3 aliphatic heterocycles. The van der Waals surface area contributed by atoms with Gasteiger partial charge in [0.05, 0.1) is 37.3 Å². The quantitative estimate of drug-likeness (QED) is 0.403. The van der Waals surface area contributed by atoms with Crippen molar-refractivity contribution in [1.82, 2.24) is 14.8 Å². The number of fused-ring (bicyclic) bond motifs is 4. The molecule has 0 spiro atoms. The number of hydrogen-bond donors (Lipinski definition) is 2. The maximum Gasteiger partial charge on any atom is 0.269 e. The first-order valence-corrected chi connectivity index (χ1v) is 12.4. The first-order chi connectivity index (χ1) is 17.5. The van der Waals surface area contributed by atoms with Crippen LogP contribution in [0.3, 0.4) is 0 Å². The lowest BCUT2D eigenvalue weighted by Crippen LogP contribution is -3.14. The number of carbonyl (C=O) groups is 2. The number of aromatic nitrogens is 1. The summed E-state index contributed by atoms with van der Waals surface area (Å²) in [5, 5.41) is 12.3. The van der Waals surface area contributed by atoms with Crippen molar-refractivity contribution in [2.75, 3.05) is 45.9 Å². The molecule has 36 heavy (non-hydrogen) atoms. The summed E-state index contributed by atoms with van der Waals surface area (Å²) in [6.45, 7) is 4.63. The zero-order valence-electron chi connectivity index (χ0n) is 19.8. The smallest absolute Gasteiger partial charge is 0.269 e. The van der Waals surface area contributed by atoms with E-state index in [9.17, 15) is 19.7 Å². The van der Waals surface area contributed by atoms with Gasteiger partial charge in [-0.1, -0.05) is 18.2 Å². The summed E-state index contributed by atoms with van der Waals surface area (Å²) in [6.07, 6.45) is 0.439. The van der Waals surface area contributed by atoms with Crippen LogP contribution in [-0.4, -0.2) is 83.5 Å². The maximum atomic E-state index is 13.8. The number of hydrogen-bond acceptors (Lipinski definition) is 5. The van der Waals surface area contributed by atoms with Crippen LogP contribution in [0.15, 0.2) is 48.5 Å². The molecule has 2 fully saturated rings. The van der Waals surface area contributed by atoms with E-state index in [0.717, 1.165) is 60.6 Å². The highest BCUT2D eigenvalue weighted by Crippen LogP contribution is 2.42. The second-order valence-electron chi connectivity index (χ2n) is 9.71. The van der Waals surface area contributed by atoms with E-state index in [1.54, 1.807) is 21.9 Å². The number of para-hydroxylation sites is 1. The van der Waals surface area contributed by atoms with Crippen molar-refractivity contribution in [2.45, 2.75) is 18.5 Å². The molecule has 10 heteroatoms. The van der Waals surface area contributed by atoms with Crippen LogP contribution in [0.1, 0.15) is 22.9 Å². The van der Waals surface area contributed by atoms with Crippen molar-refractivity contribution in [2.24, 2.45) is 0 Å². The van der Waals surface area contributed by atoms with Gasteiger partial charge in [-0.2, -0.15) is 0 Å². The molecule has 0 unspecified atom stereocenters. The van der Waals surface area contributed by atoms with E-state index in [1.165, 1.54) is 17.0 Å². The van der Waals surface area contributed by atoms with Crippen molar-refractivity contribution in [3.8, 4) is 0 Å². The Morgan fingerprint density at radius 3 is 2.58 bits per heavy atom. The van der Waals surface area contributed by atoms with Crippen molar-refractivity contribution in [1.29, 1.82) is 0 Å². The molecule has 3 aromatic rings. The van der Waals surface area contributed by atoms with Crippen molar-refractivity contribution in [3.05, 3.63) is 75.5 Å². The van der Waals surface area contributed by atoms with E-state index in [1.807, 2.05) is 24.3 Å². The molecule has 6 rings (SSSR count). The minimum absolute atomic E-state index is 0.0131. The van der Waals surface area contributed by atoms with Gasteiger partial charge in [-0.25, -0.2) is 0 Å². The molecule has 0 saturated carbocycles. The number of nitrogens with one attached hydrogen (secondary N) is 2. The molecule has 2 saturated heterocycles. The second kappa shape index (κ2) is 9.03. The number of quaternary nitrogens is 1. The molecule has 0 radical (unpaired) electrons. The average molecular weight is 491 g/mol. The summed E-state index contributed by atoms with van der Waals surface area (Å²) >= 11 is 0. The Morgan fingerprint density at radius 2 is 1.83 bits per heavy atom. The predicted molar refractivity (Wildman–Crippen MR) is 131 cm³/mol. The standard InChI is InChI=1S/C26H27N5O5/c32-23-16-29(10-9-28-11-13-36-14-12-28)26(33)22-15-20-19-3-1-2-4-21(19)27-24(20)25(30(22)23)17-5-7-18(8-6-17)31(34)35/h1-8,22,25,27H,9-16H2/p+1/t22-,25+/m0/s1. The fourth-order valence-electron chi connectivity index (χ4n) is 5.84. The minimum atomic E-state index is -0.613. The van der Waals surface area contributed by atoms with Crippen LogP contribution in [0, 0.1) is 10.1 Å². The van der Waals surface area contributed by atoms with E-state index < -0.39 is 17.0 Å². The number of carbonyl (C=O) groups excluding carboxylic acids is 2. The summed E-state index contributed by atoms with van der Waals surface area (Å²) in [4.78, 5) is 46.4. The van der Waals surface area contributed by atoms with E-state index in [4.69, 9.17) is 4.74 Å². The van der Waals surface area contributed by atoms with Crippen LogP contribution >= 0.6 is 0 Å². The molecule has 2 amide bonds. The summed E-state index contributed by atoms with van der Waals surface area (Å²) < 4.78 is 5.43. The van der Waals surface area contributed by atoms with Gasteiger partial charge in [0.15, 0.2) is 0 Å². The van der Waals surface area contributed by atoms with Crippen LogP contribution in [0.25, 0.3) is 10.9 Å². The highest BCUT2D eigenvalue weighted by molar-refractivity contribution is 5.97. The third-order valence-electron chi connectivity index (χ3n) is 7.70. The monoisotopic (exact) mass is 490 g/mol. The molecule has 4 heterocycles. The SMILES string of the molecule is O=C1[C@@H]2Cc3c([nH]c4ccccc34)[C@@H](c3ccc([N+](=O)[O-])cc3)N2C(=O)CN1CC[NH+]1CCOCC1. The van der Waals surface area contributed by atoms with E-state index in [0.29, 0.717) is 13.0 Å². The fourth-order valence-corrected chi connectivity index (χ4v) is 5.84. The minimum Gasteiger partial charge on any atom is -0.370 e. The Kier molecular flexibility index (Phi) is 5.69. The van der Waals surface area contributed by atoms with Gasteiger partial charge in [0.25, 0.3) is 5.69 Å². The largest absolute Gasteiger partial charge is 0.370 e. The van der Waals surface area contributed by atoms with Gasteiger partial charge < -0.3 is 24.4 Å². The molecule has 2 aromatic carbocycles. The molecular weight excluding hydrogens is 462 g/mol. The number of ether oxygens (including phenoxy) is 1. The summed E-state index contributed by atoms with van der Waals surface area (Å²) in [5.41, 5.74) is 3.57. The number of nitrogens with zero attached hydrogens (tertiary/aromatic N) is 3. The highest BCUT2D eigenvalue weighted by Gasteiger charge is 2.48. The molecule has 10 nitrogen and oxygen atoms in total. The number of benzene rings is 2. The van der Waals surface area contributed by atoms with Gasteiger partial charge in [0, 0.05) is 35.2 Å². The fraction of sp³-hybridized carbons (Fsp3) is 0.385. The van der Waals surface area contributed by atoms with Crippen LogP contribution in [-0.2, 0) is 20.7 Å². The highest BCUT2D eigenvalue weighted by atomic mass is 16.6. The van der Waals surface area contributed by atoms with Gasteiger partial charge in [0.2, 0.25) is 11.8 Å². The van der Waals surface area contributed by atoms with Gasteiger partial charge in [0.1, 0.15) is 25.7 Å². The lowest BCUT2D eigenvalue weighted by atomic mass is 9.86. The van der Waals surface area contributed by atoms with Crippen LogP contribution in [0.2, 0.25) is 0 Å². The Labute approximate surface area is 207 Å². The lowest BCUT2D eigenvalue weighted by molar-refractivity contribution is -0.907. The maximum absolute atomic E-state index is 13.8. The molecule has 3 aliphatic rings. The zero-order valence-corrected chi connectivity index (χ0v) is 19.8. The van der Waals surface area contributed by atoms with Crippen molar-refractivity contribution < 1.29 is 24.1 Å². The normalized spacial score (nSPS) is 22.6. The summed E-state index contributed by atoms with van der Waals surface area (Å²) in [6, 6.07) is 13.1. The molecular formula is C26H28N5O5+. The number of nitro benzene ring substituents is 1. The number of amides is 2. The first kappa shape index (κ1) is 22.7. The van der Waals surface area contributed by atoms with Gasteiger partial charge in [-0.15, -0.1) is 0 Å². The topological polar surface area (TPSA) is 113 Å². The average Bonchev–Trinajstić information content (AvgIpc) is 3.28. The molecule has 0 aliphatic carbocycles.